The summed E-state index contributed by atoms with van der Waals surface area (Å²) in [7, 11) is 0. The maximum absolute atomic E-state index is 13.3. The lowest BCUT2D eigenvalue weighted by molar-refractivity contribution is 0.0979. The second kappa shape index (κ2) is 4.87. The topological polar surface area (TPSA) is 17.1 Å². The summed E-state index contributed by atoms with van der Waals surface area (Å²) in [6, 6.07) is 4.59. The number of hydrogen-bond donors (Lipinski definition) is 0. The normalized spacial score (nSPS) is 10.1. The van der Waals surface area contributed by atoms with Crippen LogP contribution in [0.1, 0.15) is 35.7 Å². The van der Waals surface area contributed by atoms with Gasteiger partial charge in [0, 0.05) is 6.42 Å². The largest absolute Gasteiger partial charge is 0.294 e. The lowest BCUT2D eigenvalue weighted by atomic mass is 10.0. The summed E-state index contributed by atoms with van der Waals surface area (Å²) in [5.41, 5.74) is 2.03. The Kier molecular flexibility index (Phi) is 3.78. The molecule has 0 N–H and O–H groups in total. The molecule has 0 saturated carbocycles. The molecule has 0 aliphatic rings. The molecule has 0 aliphatic heterocycles. The van der Waals surface area contributed by atoms with E-state index in [4.69, 9.17) is 0 Å². The number of benzene rings is 1. The van der Waals surface area contributed by atoms with Crippen LogP contribution < -0.4 is 0 Å². The minimum atomic E-state index is -0.438. The molecule has 0 unspecified atom stereocenters. The first-order valence-electron chi connectivity index (χ1n) is 4.94. The number of aryl methyl sites for hydroxylation is 1. The van der Waals surface area contributed by atoms with Crippen LogP contribution in [0.4, 0.5) is 4.39 Å². The third-order valence-electron chi connectivity index (χ3n) is 2.20. The monoisotopic (exact) mass is 206 g/mol. The number of carbonyl (C=O) groups is 1. The summed E-state index contributed by atoms with van der Waals surface area (Å²) in [6.07, 6.45) is 0.946. The van der Waals surface area contributed by atoms with Gasteiger partial charge in [-0.1, -0.05) is 17.2 Å². The molecule has 0 atom stereocenters. The summed E-state index contributed by atoms with van der Waals surface area (Å²) < 4.78 is 13.3. The molecule has 0 bridgehead atoms. The second-order valence-electron chi connectivity index (χ2n) is 3.86. The molecule has 2 heteroatoms. The third kappa shape index (κ3) is 3.31. The molecule has 1 nitrogen and oxygen atoms in total. The van der Waals surface area contributed by atoms with Gasteiger partial charge >= 0.3 is 0 Å². The SMILES string of the molecule is C=C(C)CCC(=O)c1cc(C)ccc1F. The number of rotatable bonds is 4. The van der Waals surface area contributed by atoms with Crippen molar-refractivity contribution in [1.29, 1.82) is 0 Å². The maximum Gasteiger partial charge on any atom is 0.166 e. The first kappa shape index (κ1) is 11.6. The fourth-order valence-electron chi connectivity index (χ4n) is 1.31. The first-order chi connectivity index (χ1) is 7.00. The predicted molar refractivity (Wildman–Crippen MR) is 59.5 cm³/mol. The van der Waals surface area contributed by atoms with E-state index in [0.29, 0.717) is 12.8 Å². The van der Waals surface area contributed by atoms with Gasteiger partial charge in [0.2, 0.25) is 0 Å². The van der Waals surface area contributed by atoms with Crippen LogP contribution in [0.2, 0.25) is 0 Å². The van der Waals surface area contributed by atoms with Gasteiger partial charge in [-0.15, -0.1) is 6.58 Å². The summed E-state index contributed by atoms with van der Waals surface area (Å²) >= 11 is 0. The van der Waals surface area contributed by atoms with Crippen molar-refractivity contribution in [2.75, 3.05) is 0 Å². The van der Waals surface area contributed by atoms with Crippen molar-refractivity contribution >= 4 is 5.78 Å². The lowest BCUT2D eigenvalue weighted by Gasteiger charge is -2.03. The van der Waals surface area contributed by atoms with Crippen molar-refractivity contribution in [3.8, 4) is 0 Å². The van der Waals surface area contributed by atoms with Crippen molar-refractivity contribution in [3.63, 3.8) is 0 Å². The van der Waals surface area contributed by atoms with Gasteiger partial charge in [-0.2, -0.15) is 0 Å². The summed E-state index contributed by atoms with van der Waals surface area (Å²) in [5, 5.41) is 0. The van der Waals surface area contributed by atoms with Crippen molar-refractivity contribution in [2.45, 2.75) is 26.7 Å². The molecule has 0 fully saturated rings. The average Bonchev–Trinajstić information content (AvgIpc) is 2.18. The quantitative estimate of drug-likeness (QED) is 0.542. The van der Waals surface area contributed by atoms with E-state index in [1.54, 1.807) is 12.1 Å². The lowest BCUT2D eigenvalue weighted by Crippen LogP contribution is -2.02. The van der Waals surface area contributed by atoms with Crippen molar-refractivity contribution < 1.29 is 9.18 Å². The van der Waals surface area contributed by atoms with Crippen molar-refractivity contribution in [3.05, 3.63) is 47.3 Å². The Morgan fingerprint density at radius 3 is 2.67 bits per heavy atom. The molecule has 0 amide bonds. The molecule has 0 aromatic heterocycles. The molecule has 0 heterocycles. The van der Waals surface area contributed by atoms with Crippen LogP contribution in [-0.4, -0.2) is 5.78 Å². The van der Waals surface area contributed by atoms with Crippen LogP contribution in [-0.2, 0) is 0 Å². The van der Waals surface area contributed by atoms with E-state index in [2.05, 4.69) is 6.58 Å². The van der Waals surface area contributed by atoms with Crippen LogP contribution in [0.3, 0.4) is 0 Å². The van der Waals surface area contributed by atoms with E-state index < -0.39 is 5.82 Å². The Balaban J connectivity index is 2.81. The molecule has 0 spiro atoms. The second-order valence-corrected chi connectivity index (χ2v) is 3.86. The summed E-state index contributed by atoms with van der Waals surface area (Å²) in [5.74, 6) is -0.591. The van der Waals surface area contributed by atoms with Gasteiger partial charge in [0.15, 0.2) is 5.78 Å². The van der Waals surface area contributed by atoms with E-state index in [0.717, 1.165) is 11.1 Å². The van der Waals surface area contributed by atoms with E-state index >= 15 is 0 Å². The van der Waals surface area contributed by atoms with Gasteiger partial charge in [0.05, 0.1) is 5.56 Å². The molecular formula is C13H15FO. The smallest absolute Gasteiger partial charge is 0.166 e. The molecule has 0 radical (unpaired) electrons. The van der Waals surface area contributed by atoms with Crippen LogP contribution in [0.25, 0.3) is 0 Å². The standard InChI is InChI=1S/C13H15FO/c1-9(2)4-7-13(15)11-8-10(3)5-6-12(11)14/h5-6,8H,1,4,7H2,2-3H3. The number of Topliss-reactive ketones (excluding diaryl/α,β-unsaturated/α-hetero) is 1. The third-order valence-corrected chi connectivity index (χ3v) is 2.20. The van der Waals surface area contributed by atoms with Gasteiger partial charge < -0.3 is 0 Å². The Bertz CT molecular complexity index is 394. The van der Waals surface area contributed by atoms with Gasteiger partial charge in [-0.05, 0) is 32.4 Å². The minimum Gasteiger partial charge on any atom is -0.294 e. The van der Waals surface area contributed by atoms with E-state index in [9.17, 15) is 9.18 Å². The number of ketones is 1. The summed E-state index contributed by atoms with van der Waals surface area (Å²) in [6.45, 7) is 7.42. The highest BCUT2D eigenvalue weighted by Crippen LogP contribution is 2.14. The van der Waals surface area contributed by atoms with Crippen molar-refractivity contribution in [1.82, 2.24) is 0 Å². The summed E-state index contributed by atoms with van der Waals surface area (Å²) in [4.78, 5) is 11.6. The highest BCUT2D eigenvalue weighted by atomic mass is 19.1. The number of hydrogen-bond acceptors (Lipinski definition) is 1. The van der Waals surface area contributed by atoms with Gasteiger partial charge in [0.25, 0.3) is 0 Å². The predicted octanol–water partition coefficient (Wildman–Crippen LogP) is 3.67. The van der Waals surface area contributed by atoms with Crippen LogP contribution in [0.5, 0.6) is 0 Å². The Hall–Kier alpha value is -1.44. The maximum atomic E-state index is 13.3. The van der Waals surface area contributed by atoms with Crippen LogP contribution >= 0.6 is 0 Å². The Labute approximate surface area is 89.6 Å². The molecule has 0 saturated heterocycles. The number of halogens is 1. The average molecular weight is 206 g/mol. The Morgan fingerprint density at radius 1 is 1.40 bits per heavy atom. The van der Waals surface area contributed by atoms with Gasteiger partial charge in [-0.3, -0.25) is 4.79 Å². The van der Waals surface area contributed by atoms with E-state index in [1.165, 1.54) is 6.07 Å². The molecule has 0 aliphatic carbocycles. The minimum absolute atomic E-state index is 0.154. The highest BCUT2D eigenvalue weighted by Gasteiger charge is 2.11. The fraction of sp³-hybridized carbons (Fsp3) is 0.308. The molecule has 1 aromatic carbocycles. The number of allylic oxidation sites excluding steroid dienone is 1. The molecule has 1 aromatic rings. The zero-order chi connectivity index (χ0) is 11.4. The van der Waals surface area contributed by atoms with E-state index in [1.807, 2.05) is 13.8 Å². The number of carbonyl (C=O) groups excluding carboxylic acids is 1. The Morgan fingerprint density at radius 2 is 2.07 bits per heavy atom. The van der Waals surface area contributed by atoms with E-state index in [-0.39, 0.29) is 11.3 Å². The van der Waals surface area contributed by atoms with Gasteiger partial charge in [0.1, 0.15) is 5.82 Å². The molecule has 1 rings (SSSR count). The van der Waals surface area contributed by atoms with Gasteiger partial charge in [-0.25, -0.2) is 4.39 Å². The molecule has 15 heavy (non-hydrogen) atoms. The first-order valence-corrected chi connectivity index (χ1v) is 4.94. The van der Waals surface area contributed by atoms with Crippen LogP contribution in [0, 0.1) is 12.7 Å². The zero-order valence-corrected chi connectivity index (χ0v) is 9.14. The molecule has 80 valence electrons. The molecular weight excluding hydrogens is 191 g/mol. The van der Waals surface area contributed by atoms with Crippen LogP contribution in [0.15, 0.2) is 30.4 Å². The zero-order valence-electron chi connectivity index (χ0n) is 9.14. The van der Waals surface area contributed by atoms with Crippen molar-refractivity contribution in [2.24, 2.45) is 0 Å². The highest BCUT2D eigenvalue weighted by molar-refractivity contribution is 5.96. The fourth-order valence-corrected chi connectivity index (χ4v) is 1.31.